The third-order valence-corrected chi connectivity index (χ3v) is 4.69. The molecule has 7 nitrogen and oxygen atoms in total. The molecule has 1 heterocycles. The molecule has 0 radical (unpaired) electrons. The summed E-state index contributed by atoms with van der Waals surface area (Å²) in [5.74, 6) is 3.03. The fraction of sp³-hybridized carbons (Fsp3) is 0.478. The van der Waals surface area contributed by atoms with Crippen LogP contribution in [0, 0.1) is 5.92 Å². The maximum atomic E-state index is 6.00. The quantitative estimate of drug-likeness (QED) is 0.185. The van der Waals surface area contributed by atoms with Gasteiger partial charge in [0.25, 0.3) is 0 Å². The van der Waals surface area contributed by atoms with Crippen molar-refractivity contribution < 1.29 is 14.2 Å². The molecule has 1 aliphatic carbocycles. The SMILES string of the molecule is CCNC(=NCc1ccc(OCCOC)nc1)NCc1ccccc1OCC1CC1.I. The third kappa shape index (κ3) is 9.30. The molecule has 170 valence electrons. The molecule has 0 amide bonds. The minimum Gasteiger partial charge on any atom is -0.493 e. The van der Waals surface area contributed by atoms with E-state index in [1.165, 1.54) is 12.8 Å². The molecule has 0 atom stereocenters. The number of pyridine rings is 1. The van der Waals surface area contributed by atoms with Crippen LogP contribution in [0.4, 0.5) is 0 Å². The van der Waals surface area contributed by atoms with Crippen LogP contribution in [0.25, 0.3) is 0 Å². The largest absolute Gasteiger partial charge is 0.493 e. The summed E-state index contributed by atoms with van der Waals surface area (Å²) in [5, 5.41) is 6.68. The van der Waals surface area contributed by atoms with Crippen molar-refractivity contribution in [1.82, 2.24) is 15.6 Å². The van der Waals surface area contributed by atoms with Crippen molar-refractivity contribution in [3.63, 3.8) is 0 Å². The van der Waals surface area contributed by atoms with E-state index in [9.17, 15) is 0 Å². The molecule has 1 fully saturated rings. The van der Waals surface area contributed by atoms with E-state index in [-0.39, 0.29) is 24.0 Å². The van der Waals surface area contributed by atoms with Gasteiger partial charge in [0.1, 0.15) is 12.4 Å². The van der Waals surface area contributed by atoms with E-state index in [0.717, 1.165) is 41.9 Å². The first-order valence-corrected chi connectivity index (χ1v) is 10.6. The Kier molecular flexibility index (Phi) is 11.4. The van der Waals surface area contributed by atoms with E-state index in [1.807, 2.05) is 30.3 Å². The summed E-state index contributed by atoms with van der Waals surface area (Å²) in [7, 11) is 1.65. The van der Waals surface area contributed by atoms with Crippen molar-refractivity contribution in [3.8, 4) is 11.6 Å². The van der Waals surface area contributed by atoms with Gasteiger partial charge in [-0.05, 0) is 37.3 Å². The second-order valence-corrected chi connectivity index (χ2v) is 7.26. The second kappa shape index (κ2) is 14.1. The number of aliphatic imine (C=N–C) groups is 1. The Morgan fingerprint density at radius 3 is 2.65 bits per heavy atom. The summed E-state index contributed by atoms with van der Waals surface area (Å²) >= 11 is 0. The van der Waals surface area contributed by atoms with Crippen LogP contribution in [0.1, 0.15) is 30.9 Å². The molecule has 31 heavy (non-hydrogen) atoms. The van der Waals surface area contributed by atoms with Gasteiger partial charge in [-0.25, -0.2) is 9.98 Å². The van der Waals surface area contributed by atoms with Crippen molar-refractivity contribution in [2.24, 2.45) is 10.9 Å². The molecular formula is C23H33IN4O3. The number of aromatic nitrogens is 1. The summed E-state index contributed by atoms with van der Waals surface area (Å²) in [5.41, 5.74) is 2.14. The number of guanidine groups is 1. The molecule has 0 spiro atoms. The van der Waals surface area contributed by atoms with E-state index in [1.54, 1.807) is 13.3 Å². The average Bonchev–Trinajstić information content (AvgIpc) is 3.60. The molecule has 2 aromatic rings. The summed E-state index contributed by atoms with van der Waals surface area (Å²) < 4.78 is 16.5. The lowest BCUT2D eigenvalue weighted by atomic mass is 10.2. The lowest BCUT2D eigenvalue weighted by Gasteiger charge is -2.14. The normalized spacial score (nSPS) is 13.3. The van der Waals surface area contributed by atoms with E-state index in [0.29, 0.717) is 32.2 Å². The van der Waals surface area contributed by atoms with Gasteiger partial charge in [-0.2, -0.15) is 0 Å². The van der Waals surface area contributed by atoms with Crippen molar-refractivity contribution in [3.05, 3.63) is 53.7 Å². The van der Waals surface area contributed by atoms with Crippen LogP contribution in [-0.2, 0) is 17.8 Å². The van der Waals surface area contributed by atoms with Crippen LogP contribution in [0.15, 0.2) is 47.6 Å². The van der Waals surface area contributed by atoms with Gasteiger partial charge in [0.15, 0.2) is 5.96 Å². The van der Waals surface area contributed by atoms with Crippen molar-refractivity contribution in [2.45, 2.75) is 32.9 Å². The maximum Gasteiger partial charge on any atom is 0.213 e. The Labute approximate surface area is 202 Å². The van der Waals surface area contributed by atoms with Crippen LogP contribution in [-0.4, -0.2) is 44.4 Å². The van der Waals surface area contributed by atoms with E-state index < -0.39 is 0 Å². The first-order chi connectivity index (χ1) is 14.8. The standard InChI is InChI=1S/C23H32N4O3.HI/c1-3-24-23(26-15-19-10-11-22(25-14-19)29-13-12-28-2)27-16-20-6-4-5-7-21(20)30-17-18-8-9-18;/h4-7,10-11,14,18H,3,8-9,12-13,15-17H2,1-2H3,(H2,24,26,27);1H. The Bertz CT molecular complexity index is 798. The average molecular weight is 540 g/mol. The van der Waals surface area contributed by atoms with Crippen LogP contribution in [0.3, 0.4) is 0 Å². The Balaban J connectivity index is 0.00000341. The number of benzene rings is 1. The molecule has 1 aromatic carbocycles. The van der Waals surface area contributed by atoms with Crippen LogP contribution in [0.5, 0.6) is 11.6 Å². The highest BCUT2D eigenvalue weighted by atomic mass is 127. The number of methoxy groups -OCH3 is 1. The lowest BCUT2D eigenvalue weighted by Crippen LogP contribution is -2.36. The molecule has 3 rings (SSSR count). The first kappa shape index (κ1) is 25.2. The molecule has 0 bridgehead atoms. The molecule has 0 aliphatic heterocycles. The zero-order valence-electron chi connectivity index (χ0n) is 18.3. The van der Waals surface area contributed by atoms with Gasteiger partial charge in [0.05, 0.1) is 19.8 Å². The predicted octanol–water partition coefficient (Wildman–Crippen LogP) is 3.77. The zero-order chi connectivity index (χ0) is 21.0. The van der Waals surface area contributed by atoms with E-state index in [4.69, 9.17) is 14.2 Å². The van der Waals surface area contributed by atoms with Gasteiger partial charge in [-0.15, -0.1) is 24.0 Å². The summed E-state index contributed by atoms with van der Waals surface area (Å²) in [6, 6.07) is 12.0. The number of hydrogen-bond acceptors (Lipinski definition) is 5. The smallest absolute Gasteiger partial charge is 0.213 e. The van der Waals surface area contributed by atoms with Gasteiger partial charge >= 0.3 is 0 Å². The monoisotopic (exact) mass is 540 g/mol. The molecule has 0 saturated heterocycles. The Hall–Kier alpha value is -2.07. The van der Waals surface area contributed by atoms with Gasteiger partial charge in [-0.3, -0.25) is 0 Å². The number of para-hydroxylation sites is 1. The Morgan fingerprint density at radius 2 is 1.94 bits per heavy atom. The van der Waals surface area contributed by atoms with Crippen LogP contribution >= 0.6 is 24.0 Å². The number of ether oxygens (including phenoxy) is 3. The number of nitrogens with one attached hydrogen (secondary N) is 2. The van der Waals surface area contributed by atoms with Gasteiger partial charge in [0, 0.05) is 38.0 Å². The molecular weight excluding hydrogens is 507 g/mol. The van der Waals surface area contributed by atoms with E-state index >= 15 is 0 Å². The summed E-state index contributed by atoms with van der Waals surface area (Å²) in [4.78, 5) is 8.99. The molecule has 1 aliphatic rings. The van der Waals surface area contributed by atoms with Gasteiger partial charge in [0.2, 0.25) is 5.88 Å². The minimum absolute atomic E-state index is 0. The molecule has 1 aromatic heterocycles. The van der Waals surface area contributed by atoms with E-state index in [2.05, 4.69) is 33.6 Å². The number of halogens is 1. The highest BCUT2D eigenvalue weighted by molar-refractivity contribution is 14.0. The number of rotatable bonds is 12. The minimum atomic E-state index is 0. The fourth-order valence-electron chi connectivity index (χ4n) is 2.79. The highest BCUT2D eigenvalue weighted by Crippen LogP contribution is 2.30. The Morgan fingerprint density at radius 1 is 1.10 bits per heavy atom. The lowest BCUT2D eigenvalue weighted by molar-refractivity contribution is 0.143. The van der Waals surface area contributed by atoms with Crippen LogP contribution in [0.2, 0.25) is 0 Å². The second-order valence-electron chi connectivity index (χ2n) is 7.26. The van der Waals surface area contributed by atoms with Crippen LogP contribution < -0.4 is 20.1 Å². The molecule has 2 N–H and O–H groups in total. The first-order valence-electron chi connectivity index (χ1n) is 10.6. The number of nitrogens with zero attached hydrogens (tertiary/aromatic N) is 2. The number of hydrogen-bond donors (Lipinski definition) is 2. The summed E-state index contributed by atoms with van der Waals surface area (Å²) in [6.07, 6.45) is 4.36. The predicted molar refractivity (Wildman–Crippen MR) is 133 cm³/mol. The van der Waals surface area contributed by atoms with Gasteiger partial charge in [-0.1, -0.05) is 24.3 Å². The molecule has 0 unspecified atom stereocenters. The van der Waals surface area contributed by atoms with Gasteiger partial charge < -0.3 is 24.8 Å². The zero-order valence-corrected chi connectivity index (χ0v) is 20.6. The summed E-state index contributed by atoms with van der Waals surface area (Å²) in [6.45, 7) is 5.86. The molecule has 1 saturated carbocycles. The fourth-order valence-corrected chi connectivity index (χ4v) is 2.79. The van der Waals surface area contributed by atoms with Crippen molar-refractivity contribution in [1.29, 1.82) is 0 Å². The van der Waals surface area contributed by atoms with Crippen molar-refractivity contribution >= 4 is 29.9 Å². The highest BCUT2D eigenvalue weighted by Gasteiger charge is 2.22. The third-order valence-electron chi connectivity index (χ3n) is 4.69. The maximum absolute atomic E-state index is 6.00. The molecule has 8 heteroatoms. The van der Waals surface area contributed by atoms with Crippen molar-refractivity contribution in [2.75, 3.05) is 33.5 Å². The topological polar surface area (TPSA) is 77.0 Å².